The number of rotatable bonds is 5. The van der Waals surface area contributed by atoms with E-state index in [9.17, 15) is 4.79 Å². The second-order valence-corrected chi connectivity index (χ2v) is 2.08. The fourth-order valence-electron chi connectivity index (χ4n) is 0.556. The molecule has 0 aromatic carbocycles. The van der Waals surface area contributed by atoms with E-state index in [4.69, 9.17) is 15.6 Å². The summed E-state index contributed by atoms with van der Waals surface area (Å²) < 4.78 is 0. The first-order valence-corrected chi connectivity index (χ1v) is 3.46. The van der Waals surface area contributed by atoms with Crippen LogP contribution in [-0.2, 0) is 4.79 Å². The number of aliphatic carboxylic acids is 1. The Morgan fingerprint density at radius 1 is 1.21 bits per heavy atom. The summed E-state index contributed by atoms with van der Waals surface area (Å²) in [7, 11) is 0. The smallest absolute Gasteiger partial charge is 0.310 e. The molecule has 0 saturated carbocycles. The molecule has 1 N–H and O–H groups in total. The molecule has 0 saturated heterocycles. The minimum absolute atomic E-state index is 0.159. The Bertz CT molecular complexity index is 296. The van der Waals surface area contributed by atoms with Crippen molar-refractivity contribution < 1.29 is 9.90 Å². The van der Waals surface area contributed by atoms with Crippen molar-refractivity contribution >= 4 is 5.97 Å². The average molecular weight is 194 g/mol. The molecule has 0 atom stereocenters. The maximum absolute atomic E-state index is 10.5. The summed E-state index contributed by atoms with van der Waals surface area (Å²) in [4.78, 5) is 10.5. The Balaban J connectivity index is 4.12. The monoisotopic (exact) mass is 194 g/mol. The SMILES string of the molecule is N#CN=NCC(CN=NC#N)C(=O)O. The third-order valence-electron chi connectivity index (χ3n) is 1.18. The van der Waals surface area contributed by atoms with Gasteiger partial charge in [0.1, 0.15) is 0 Å². The minimum atomic E-state index is -1.13. The highest BCUT2D eigenvalue weighted by Crippen LogP contribution is 1.99. The summed E-state index contributed by atoms with van der Waals surface area (Å²) in [6.45, 7) is -0.319. The van der Waals surface area contributed by atoms with Gasteiger partial charge in [-0.2, -0.15) is 20.8 Å². The molecule has 0 aliphatic heterocycles. The predicted octanol–water partition coefficient (Wildman–Crippen LogP) is 0.554. The van der Waals surface area contributed by atoms with Crippen LogP contribution in [0.25, 0.3) is 0 Å². The van der Waals surface area contributed by atoms with Gasteiger partial charge in [0.15, 0.2) is 0 Å². The van der Waals surface area contributed by atoms with Crippen LogP contribution in [0.15, 0.2) is 20.5 Å². The lowest BCUT2D eigenvalue weighted by Crippen LogP contribution is -2.19. The van der Waals surface area contributed by atoms with Crippen molar-refractivity contribution in [3.05, 3.63) is 0 Å². The van der Waals surface area contributed by atoms with Crippen molar-refractivity contribution in [2.45, 2.75) is 0 Å². The molecule has 0 aromatic heterocycles. The second-order valence-electron chi connectivity index (χ2n) is 2.08. The van der Waals surface area contributed by atoms with Gasteiger partial charge in [-0.3, -0.25) is 4.79 Å². The van der Waals surface area contributed by atoms with Gasteiger partial charge < -0.3 is 5.11 Å². The van der Waals surface area contributed by atoms with Crippen molar-refractivity contribution in [2.75, 3.05) is 13.1 Å². The molecule has 0 rings (SSSR count). The van der Waals surface area contributed by atoms with Gasteiger partial charge in [0.25, 0.3) is 0 Å². The standard InChI is InChI=1S/C6H6N6O2/c7-3-11-9-1-5(6(13)14)2-10-12-4-8/h5H,1-2H2,(H,13,14). The van der Waals surface area contributed by atoms with E-state index in [1.54, 1.807) is 0 Å². The Kier molecular flexibility index (Phi) is 6.08. The van der Waals surface area contributed by atoms with Crippen molar-refractivity contribution in [3.63, 3.8) is 0 Å². The molecule has 0 radical (unpaired) electrons. The Hall–Kier alpha value is -2.35. The highest BCUT2D eigenvalue weighted by molar-refractivity contribution is 5.70. The summed E-state index contributed by atoms with van der Waals surface area (Å²) in [6, 6.07) is 0. The number of carboxylic acids is 1. The van der Waals surface area contributed by atoms with E-state index < -0.39 is 11.9 Å². The highest BCUT2D eigenvalue weighted by atomic mass is 16.4. The van der Waals surface area contributed by atoms with E-state index in [0.29, 0.717) is 0 Å². The highest BCUT2D eigenvalue weighted by Gasteiger charge is 2.16. The number of hydrogen-bond donors (Lipinski definition) is 1. The Labute approximate surface area is 79.2 Å². The summed E-state index contributed by atoms with van der Waals surface area (Å²) >= 11 is 0. The van der Waals surface area contributed by atoms with E-state index in [1.165, 1.54) is 12.4 Å². The minimum Gasteiger partial charge on any atom is -0.481 e. The lowest BCUT2D eigenvalue weighted by molar-refractivity contribution is -0.141. The van der Waals surface area contributed by atoms with E-state index in [1.807, 2.05) is 0 Å². The molecular formula is C6H6N6O2. The van der Waals surface area contributed by atoms with Gasteiger partial charge in [0.05, 0.1) is 19.0 Å². The molecule has 0 amide bonds. The topological polar surface area (TPSA) is 134 Å². The first-order valence-electron chi connectivity index (χ1n) is 3.46. The van der Waals surface area contributed by atoms with Gasteiger partial charge in [-0.05, 0) is 0 Å². The summed E-state index contributed by atoms with van der Waals surface area (Å²) in [5.41, 5.74) is 0. The molecule has 0 aliphatic carbocycles. The summed E-state index contributed by atoms with van der Waals surface area (Å²) in [6.07, 6.45) is 2.78. The van der Waals surface area contributed by atoms with Crippen LogP contribution in [0.1, 0.15) is 0 Å². The van der Waals surface area contributed by atoms with E-state index in [0.717, 1.165) is 0 Å². The average Bonchev–Trinajstić information content (AvgIpc) is 2.15. The number of carbonyl (C=O) groups is 1. The molecule has 0 heterocycles. The molecule has 0 spiro atoms. The van der Waals surface area contributed by atoms with Crippen molar-refractivity contribution in [1.29, 1.82) is 10.5 Å². The largest absolute Gasteiger partial charge is 0.481 e. The van der Waals surface area contributed by atoms with E-state index in [-0.39, 0.29) is 13.1 Å². The van der Waals surface area contributed by atoms with Crippen LogP contribution in [0.3, 0.4) is 0 Å². The van der Waals surface area contributed by atoms with Gasteiger partial charge in [-0.15, -0.1) is 0 Å². The number of nitriles is 2. The fourth-order valence-corrected chi connectivity index (χ4v) is 0.556. The summed E-state index contributed by atoms with van der Waals surface area (Å²) in [5.74, 6) is -2.04. The van der Waals surface area contributed by atoms with Crippen LogP contribution >= 0.6 is 0 Å². The van der Waals surface area contributed by atoms with Crippen LogP contribution in [-0.4, -0.2) is 24.2 Å². The third kappa shape index (κ3) is 5.32. The third-order valence-corrected chi connectivity index (χ3v) is 1.18. The van der Waals surface area contributed by atoms with Gasteiger partial charge in [-0.1, -0.05) is 10.2 Å². The molecule has 0 unspecified atom stereocenters. The second kappa shape index (κ2) is 7.31. The lowest BCUT2D eigenvalue weighted by atomic mass is 10.1. The van der Waals surface area contributed by atoms with Crippen LogP contribution in [0.4, 0.5) is 0 Å². The molecule has 0 fully saturated rings. The van der Waals surface area contributed by atoms with Crippen LogP contribution in [0.2, 0.25) is 0 Å². The zero-order valence-corrected chi connectivity index (χ0v) is 7.03. The molecular weight excluding hydrogens is 188 g/mol. The molecule has 14 heavy (non-hydrogen) atoms. The van der Waals surface area contributed by atoms with Gasteiger partial charge in [0.2, 0.25) is 12.4 Å². The van der Waals surface area contributed by atoms with Crippen molar-refractivity contribution in [3.8, 4) is 12.4 Å². The normalized spacial score (nSPS) is 12.4. The molecule has 8 heteroatoms. The number of carboxylic acid groups (broad SMARTS) is 1. The van der Waals surface area contributed by atoms with Gasteiger partial charge >= 0.3 is 5.97 Å². The Morgan fingerprint density at radius 3 is 1.93 bits per heavy atom. The van der Waals surface area contributed by atoms with Crippen molar-refractivity contribution in [2.24, 2.45) is 26.4 Å². The summed E-state index contributed by atoms with van der Waals surface area (Å²) in [5, 5.41) is 37.1. The molecule has 0 aromatic rings. The Morgan fingerprint density at radius 2 is 1.64 bits per heavy atom. The first-order chi connectivity index (χ1) is 6.72. The van der Waals surface area contributed by atoms with E-state index >= 15 is 0 Å². The fraction of sp³-hybridized carbons (Fsp3) is 0.500. The lowest BCUT2D eigenvalue weighted by Gasteiger charge is -2.02. The zero-order valence-electron chi connectivity index (χ0n) is 7.03. The number of azo groups is 2. The van der Waals surface area contributed by atoms with Crippen LogP contribution in [0, 0.1) is 28.8 Å². The predicted molar refractivity (Wildman–Crippen MR) is 41.8 cm³/mol. The maximum Gasteiger partial charge on any atom is 0.310 e. The van der Waals surface area contributed by atoms with Gasteiger partial charge in [-0.25, -0.2) is 0 Å². The molecule has 8 nitrogen and oxygen atoms in total. The number of hydrogen-bond acceptors (Lipinski definition) is 7. The molecule has 72 valence electrons. The van der Waals surface area contributed by atoms with Gasteiger partial charge in [0, 0.05) is 0 Å². The van der Waals surface area contributed by atoms with Crippen molar-refractivity contribution in [1.82, 2.24) is 0 Å². The zero-order chi connectivity index (χ0) is 10.8. The van der Waals surface area contributed by atoms with E-state index in [2.05, 4.69) is 20.5 Å². The van der Waals surface area contributed by atoms with Crippen LogP contribution in [0.5, 0.6) is 0 Å². The quantitative estimate of drug-likeness (QED) is 0.504. The first kappa shape index (κ1) is 11.6. The molecule has 0 bridgehead atoms. The molecule has 0 aliphatic rings. The number of nitrogens with zero attached hydrogens (tertiary/aromatic N) is 6. The van der Waals surface area contributed by atoms with Crippen LogP contribution < -0.4 is 0 Å². The maximum atomic E-state index is 10.5.